The number of benzene rings is 2. The van der Waals surface area contributed by atoms with Crippen molar-refractivity contribution in [2.75, 3.05) is 13.4 Å². The van der Waals surface area contributed by atoms with E-state index in [1.54, 1.807) is 55.5 Å². The Bertz CT molecular complexity index is 1790. The fourth-order valence-electron chi connectivity index (χ4n) is 4.04. The number of esters is 1. The van der Waals surface area contributed by atoms with Crippen LogP contribution in [0.25, 0.3) is 11.5 Å². The van der Waals surface area contributed by atoms with Crippen LogP contribution in [0.5, 0.6) is 0 Å². The monoisotopic (exact) mass is 653 g/mol. The molecule has 0 N–H and O–H groups in total. The van der Waals surface area contributed by atoms with Gasteiger partial charge < -0.3 is 9.26 Å². The van der Waals surface area contributed by atoms with Gasteiger partial charge in [-0.15, -0.1) is 11.8 Å². The molecule has 0 aliphatic heterocycles. The molecule has 0 fully saturated rings. The molecule has 44 heavy (non-hydrogen) atoms. The van der Waals surface area contributed by atoms with Gasteiger partial charge in [0.2, 0.25) is 0 Å². The number of ether oxygens (including phenoxy) is 1. The zero-order valence-electron chi connectivity index (χ0n) is 24.8. The lowest BCUT2D eigenvalue weighted by atomic mass is 9.93. The van der Waals surface area contributed by atoms with E-state index in [1.807, 2.05) is 12.3 Å². The van der Waals surface area contributed by atoms with Crippen LogP contribution >= 0.6 is 35.0 Å². The quantitative estimate of drug-likeness (QED) is 0.143. The molecule has 0 atom stereocenters. The number of carbonyl (C=O) groups is 3. The van der Waals surface area contributed by atoms with Crippen LogP contribution in [0.4, 0.5) is 0 Å². The fraction of sp³-hybridized carbons (Fsp3) is 0.226. The van der Waals surface area contributed by atoms with E-state index in [4.69, 9.17) is 32.5 Å². The molecule has 10 nitrogen and oxygen atoms in total. The predicted octanol–water partition coefficient (Wildman–Crippen LogP) is 7.22. The number of carbonyl (C=O) groups excluding carboxylic acids is 3. The molecule has 0 saturated carbocycles. The predicted molar refractivity (Wildman–Crippen MR) is 169 cm³/mol. The fourth-order valence-corrected chi connectivity index (χ4v) is 4.82. The Morgan fingerprint density at radius 1 is 0.864 bits per heavy atom. The molecule has 0 spiro atoms. The minimum Gasteiger partial charge on any atom is -0.465 e. The highest BCUT2D eigenvalue weighted by atomic mass is 35.5. The lowest BCUT2D eigenvalue weighted by Crippen LogP contribution is -2.17. The van der Waals surface area contributed by atoms with Crippen molar-refractivity contribution in [3.63, 3.8) is 0 Å². The Labute approximate surface area is 268 Å². The molecule has 3 heterocycles. The average Bonchev–Trinajstić information content (AvgIpc) is 3.75. The van der Waals surface area contributed by atoms with Gasteiger partial charge in [0.1, 0.15) is 16.3 Å². The number of nitrogens with zero attached hydrogens (tertiary/aromatic N) is 5. The molecule has 0 amide bonds. The van der Waals surface area contributed by atoms with E-state index < -0.39 is 11.9 Å². The number of aryl methyl sites for hydroxylation is 1. The molecule has 0 aliphatic rings. The summed E-state index contributed by atoms with van der Waals surface area (Å²) >= 11 is 13.2. The molecule has 13 heteroatoms. The molecule has 3 aromatic heterocycles. The second-order valence-corrected chi connectivity index (χ2v) is 12.1. The van der Waals surface area contributed by atoms with Crippen molar-refractivity contribution < 1.29 is 23.6 Å². The summed E-state index contributed by atoms with van der Waals surface area (Å²) in [4.78, 5) is 37.4. The number of hydrogen-bond donors (Lipinski definition) is 0. The van der Waals surface area contributed by atoms with Crippen LogP contribution < -0.4 is 0 Å². The summed E-state index contributed by atoms with van der Waals surface area (Å²) in [6.07, 6.45) is 3.35. The maximum atomic E-state index is 12.8. The van der Waals surface area contributed by atoms with Crippen molar-refractivity contribution in [2.24, 2.45) is 0 Å². The van der Waals surface area contributed by atoms with Gasteiger partial charge in [-0.25, -0.2) is 4.79 Å². The summed E-state index contributed by atoms with van der Waals surface area (Å²) in [6, 6.07) is 16.7. The van der Waals surface area contributed by atoms with Gasteiger partial charge in [0.05, 0.1) is 24.7 Å². The van der Waals surface area contributed by atoms with E-state index in [9.17, 15) is 14.4 Å². The third-order valence-electron chi connectivity index (χ3n) is 6.34. The Kier molecular flexibility index (Phi) is 10.1. The highest BCUT2D eigenvalue weighted by Crippen LogP contribution is 2.28. The van der Waals surface area contributed by atoms with Crippen LogP contribution in [0.15, 0.2) is 76.4 Å². The molecule has 0 unspecified atom stereocenters. The molecular weight excluding hydrogens is 625 g/mol. The number of aromatic nitrogens is 5. The van der Waals surface area contributed by atoms with Gasteiger partial charge in [0, 0.05) is 32.7 Å². The van der Waals surface area contributed by atoms with Crippen LogP contribution in [0.1, 0.15) is 63.2 Å². The van der Waals surface area contributed by atoms with Crippen LogP contribution in [-0.4, -0.2) is 55.9 Å². The van der Waals surface area contributed by atoms with Gasteiger partial charge in [-0.2, -0.15) is 19.6 Å². The smallest absolute Gasteiger partial charge is 0.342 e. The van der Waals surface area contributed by atoms with Crippen molar-refractivity contribution in [3.05, 3.63) is 105 Å². The number of methoxy groups -OCH3 is 1. The van der Waals surface area contributed by atoms with E-state index in [1.165, 1.54) is 35.8 Å². The largest absolute Gasteiger partial charge is 0.465 e. The Morgan fingerprint density at radius 2 is 1.41 bits per heavy atom. The number of hydrogen-bond acceptors (Lipinski definition) is 9. The van der Waals surface area contributed by atoms with Crippen molar-refractivity contribution in [1.29, 1.82) is 0 Å². The summed E-state index contributed by atoms with van der Waals surface area (Å²) in [5.74, 6) is -0.954. The van der Waals surface area contributed by atoms with Gasteiger partial charge in [-0.3, -0.25) is 9.59 Å². The van der Waals surface area contributed by atoms with E-state index in [-0.39, 0.29) is 28.3 Å². The first kappa shape index (κ1) is 32.7. The molecule has 0 saturated heterocycles. The highest BCUT2D eigenvalue weighted by molar-refractivity contribution is 7.98. The molecule has 228 valence electrons. The van der Waals surface area contributed by atoms with E-state index in [0.29, 0.717) is 26.9 Å². The second kappa shape index (κ2) is 13.6. The van der Waals surface area contributed by atoms with Crippen LogP contribution in [0.3, 0.4) is 0 Å². The maximum Gasteiger partial charge on any atom is 0.342 e. The summed E-state index contributed by atoms with van der Waals surface area (Å²) in [5.41, 5.74) is 2.44. The van der Waals surface area contributed by atoms with Gasteiger partial charge in [0.25, 0.3) is 11.8 Å². The highest BCUT2D eigenvalue weighted by Gasteiger charge is 2.29. The Hall–Kier alpha value is -4.19. The SMILES string of the molecule is COC(=O)c1c(C)nn(C(=O)c2ccc(Cl)cc2)c1-c1ccno1.CSc1cc(C(C)(C)C)nn1C(=O)c1ccc(Cl)cc1. The molecule has 0 bridgehead atoms. The lowest BCUT2D eigenvalue weighted by molar-refractivity contribution is 0.0600. The first-order valence-electron chi connectivity index (χ1n) is 13.2. The maximum absolute atomic E-state index is 12.8. The topological polar surface area (TPSA) is 122 Å². The first-order chi connectivity index (χ1) is 20.8. The first-order valence-corrected chi connectivity index (χ1v) is 15.2. The summed E-state index contributed by atoms with van der Waals surface area (Å²) in [6.45, 7) is 7.85. The van der Waals surface area contributed by atoms with Crippen molar-refractivity contribution in [3.8, 4) is 11.5 Å². The second-order valence-electron chi connectivity index (χ2n) is 10.4. The van der Waals surface area contributed by atoms with Crippen molar-refractivity contribution in [2.45, 2.75) is 38.1 Å². The third-order valence-corrected chi connectivity index (χ3v) is 7.56. The molecule has 5 aromatic rings. The van der Waals surface area contributed by atoms with Gasteiger partial charge in [-0.05, 0) is 67.8 Å². The molecule has 0 aliphatic carbocycles. The van der Waals surface area contributed by atoms with Gasteiger partial charge in [0.15, 0.2) is 5.76 Å². The third kappa shape index (κ3) is 7.12. The summed E-state index contributed by atoms with van der Waals surface area (Å²) in [5, 5.41) is 14.2. The Morgan fingerprint density at radius 3 is 1.86 bits per heavy atom. The summed E-state index contributed by atoms with van der Waals surface area (Å²) in [7, 11) is 1.25. The Balaban J connectivity index is 0.000000204. The van der Waals surface area contributed by atoms with E-state index >= 15 is 0 Å². The average molecular weight is 655 g/mol. The van der Waals surface area contributed by atoms with Crippen LogP contribution in [-0.2, 0) is 10.2 Å². The molecule has 2 aromatic carbocycles. The van der Waals surface area contributed by atoms with E-state index in [0.717, 1.165) is 15.4 Å². The zero-order valence-corrected chi connectivity index (χ0v) is 27.1. The molecular formula is C31H29Cl2N5O5S. The van der Waals surface area contributed by atoms with Gasteiger partial charge in [-0.1, -0.05) is 49.1 Å². The molecule has 5 rings (SSSR count). The minimum atomic E-state index is -0.617. The van der Waals surface area contributed by atoms with Crippen LogP contribution in [0, 0.1) is 6.92 Å². The number of thioether (sulfide) groups is 1. The van der Waals surface area contributed by atoms with Crippen molar-refractivity contribution in [1.82, 2.24) is 24.7 Å². The lowest BCUT2D eigenvalue weighted by Gasteiger charge is -2.13. The minimum absolute atomic E-state index is 0.0873. The van der Waals surface area contributed by atoms with E-state index in [2.05, 4.69) is 36.1 Å². The standard InChI is InChI=1S/C16H12ClN3O4.C15H17ClN2OS/c1-9-13(16(22)23-2)14(12-7-8-18-24-12)20(19-9)15(21)10-3-5-11(17)6-4-10;1-15(2,3)12-9-13(20-4)18(17-12)14(19)10-5-7-11(16)8-6-10/h3-8H,1-2H3;5-9H,1-4H3. The summed E-state index contributed by atoms with van der Waals surface area (Å²) < 4.78 is 12.5. The van der Waals surface area contributed by atoms with Gasteiger partial charge >= 0.3 is 5.97 Å². The number of rotatable bonds is 5. The normalized spacial score (nSPS) is 11.1. The van der Waals surface area contributed by atoms with Crippen LogP contribution in [0.2, 0.25) is 10.0 Å². The number of halogens is 2. The van der Waals surface area contributed by atoms with Crippen molar-refractivity contribution >= 4 is 52.7 Å². The molecule has 0 radical (unpaired) electrons. The zero-order chi connectivity index (χ0) is 32.2.